The zero-order valence-corrected chi connectivity index (χ0v) is 31.1. The van der Waals surface area contributed by atoms with Crippen molar-refractivity contribution in [2.45, 2.75) is 54.6 Å². The van der Waals surface area contributed by atoms with Crippen LogP contribution in [0.2, 0.25) is 0 Å². The smallest absolute Gasteiger partial charge is 0.0434 e. The Balaban J connectivity index is 1.26. The van der Waals surface area contributed by atoms with Crippen LogP contribution in [-0.4, -0.2) is 31.4 Å². The second kappa shape index (κ2) is 12.6. The van der Waals surface area contributed by atoms with Crippen LogP contribution in [0, 0.1) is 0 Å². The lowest BCUT2D eigenvalue weighted by molar-refractivity contribution is 0.578. The van der Waals surface area contributed by atoms with Gasteiger partial charge in [0.25, 0.3) is 0 Å². The van der Waals surface area contributed by atoms with Crippen LogP contribution in [0.5, 0.6) is 0 Å². The second-order valence-electron chi connectivity index (χ2n) is 15.2. The van der Waals surface area contributed by atoms with Crippen LogP contribution < -0.4 is 9.80 Å². The van der Waals surface area contributed by atoms with Gasteiger partial charge in [-0.05, 0) is 113 Å². The van der Waals surface area contributed by atoms with Crippen molar-refractivity contribution in [2.75, 3.05) is 36.0 Å². The predicted octanol–water partition coefficient (Wildman–Crippen LogP) is 13.4. The molecule has 0 amide bonds. The fourth-order valence-corrected chi connectivity index (χ4v) is 12.4. The zero-order chi connectivity index (χ0) is 34.2. The quantitative estimate of drug-likeness (QED) is 0.168. The van der Waals surface area contributed by atoms with Crippen molar-refractivity contribution in [3.8, 4) is 22.3 Å². The number of rotatable bonds is 4. The normalized spacial score (nSPS) is 20.0. The molecule has 0 spiro atoms. The minimum atomic E-state index is 0.432. The Hall–Kier alpha value is -4.51. The third-order valence-electron chi connectivity index (χ3n) is 12.2. The number of thiophene rings is 1. The van der Waals surface area contributed by atoms with Gasteiger partial charge in [-0.2, -0.15) is 0 Å². The average Bonchev–Trinajstić information content (AvgIpc) is 3.79. The topological polar surface area (TPSA) is 6.48 Å². The number of anilines is 2. The molecule has 4 heteroatoms. The van der Waals surface area contributed by atoms with Gasteiger partial charge in [0.05, 0.1) is 0 Å². The largest absolute Gasteiger partial charge is 0.372 e. The van der Waals surface area contributed by atoms with E-state index in [1.165, 1.54) is 124 Å². The Morgan fingerprint density at radius 1 is 0.500 bits per heavy atom. The highest BCUT2D eigenvalue weighted by atomic mass is 32.2. The molecule has 4 heterocycles. The van der Waals surface area contributed by atoms with Gasteiger partial charge in [0.15, 0.2) is 0 Å². The van der Waals surface area contributed by atoms with Gasteiger partial charge in [-0.3, -0.25) is 0 Å². The molecule has 0 radical (unpaired) electrons. The standard InChI is InChI=1S/C48H42N2S2/c1-7-25-49(26-8-1)31-21-23-35-41(29-31)45(39-17-11-15-37-33-13-3-5-19-43(33)51-47(37)39)36-24-22-32(50-27-9-2-10-28-50)30-42(36)46(35)40-18-12-16-38-34-14-4-6-20-44(34)52-48(38)40/h3-6,11-24,29-30,33,43H,1-2,7-10,25-28H2. The lowest BCUT2D eigenvalue weighted by Crippen LogP contribution is -2.29. The van der Waals surface area contributed by atoms with Crippen molar-refractivity contribution in [3.05, 3.63) is 127 Å². The Morgan fingerprint density at radius 2 is 1.12 bits per heavy atom. The number of piperidine rings is 2. The van der Waals surface area contributed by atoms with E-state index >= 15 is 0 Å². The minimum absolute atomic E-state index is 0.432. The fourth-order valence-electron chi connectivity index (χ4n) is 9.69. The molecule has 2 nitrogen and oxygen atoms in total. The second-order valence-corrected chi connectivity index (χ2v) is 17.4. The summed E-state index contributed by atoms with van der Waals surface area (Å²) in [5, 5.41) is 8.66. The van der Waals surface area contributed by atoms with Gasteiger partial charge < -0.3 is 9.80 Å². The molecular weight excluding hydrogens is 669 g/mol. The molecule has 7 aromatic rings. The Bertz CT molecular complexity index is 2600. The summed E-state index contributed by atoms with van der Waals surface area (Å²) in [6, 6.07) is 38.1. The number of fused-ring (bicyclic) bond motifs is 8. The number of hydrogen-bond acceptors (Lipinski definition) is 4. The molecule has 4 aliphatic rings. The molecule has 2 saturated heterocycles. The summed E-state index contributed by atoms with van der Waals surface area (Å²) >= 11 is 4.02. The van der Waals surface area contributed by atoms with Gasteiger partial charge in [-0.25, -0.2) is 0 Å². The molecule has 2 atom stereocenters. The van der Waals surface area contributed by atoms with Crippen molar-refractivity contribution >= 4 is 76.2 Å². The minimum Gasteiger partial charge on any atom is -0.372 e. The van der Waals surface area contributed by atoms with Crippen LogP contribution in [0.25, 0.3) is 64.0 Å². The molecule has 3 aliphatic heterocycles. The Morgan fingerprint density at radius 3 is 1.85 bits per heavy atom. The van der Waals surface area contributed by atoms with Crippen LogP contribution in [0.15, 0.2) is 126 Å². The summed E-state index contributed by atoms with van der Waals surface area (Å²) in [5.41, 5.74) is 9.74. The molecule has 0 bridgehead atoms. The molecule has 6 aromatic carbocycles. The van der Waals surface area contributed by atoms with E-state index in [-0.39, 0.29) is 0 Å². The molecule has 1 aliphatic carbocycles. The van der Waals surface area contributed by atoms with E-state index in [1.54, 1.807) is 0 Å². The average molecular weight is 711 g/mol. The number of allylic oxidation sites excluding steroid dienone is 3. The molecular formula is C48H42N2S2. The summed E-state index contributed by atoms with van der Waals surface area (Å²) in [7, 11) is 0. The number of benzene rings is 6. The van der Waals surface area contributed by atoms with Crippen LogP contribution in [0.3, 0.4) is 0 Å². The summed E-state index contributed by atoms with van der Waals surface area (Å²) in [6.07, 6.45) is 17.1. The van der Waals surface area contributed by atoms with Gasteiger partial charge >= 0.3 is 0 Å². The molecule has 1 aromatic heterocycles. The maximum atomic E-state index is 2.64. The molecule has 52 heavy (non-hydrogen) atoms. The predicted molar refractivity (Wildman–Crippen MR) is 228 cm³/mol. The van der Waals surface area contributed by atoms with Crippen molar-refractivity contribution in [3.63, 3.8) is 0 Å². The van der Waals surface area contributed by atoms with Crippen molar-refractivity contribution in [2.24, 2.45) is 0 Å². The van der Waals surface area contributed by atoms with Gasteiger partial charge in [0.1, 0.15) is 0 Å². The van der Waals surface area contributed by atoms with Gasteiger partial charge in [0, 0.05) is 79.4 Å². The van der Waals surface area contributed by atoms with E-state index in [9.17, 15) is 0 Å². The molecule has 256 valence electrons. The van der Waals surface area contributed by atoms with Gasteiger partial charge in [-0.15, -0.1) is 23.1 Å². The number of thioether (sulfide) groups is 1. The molecule has 0 saturated carbocycles. The highest BCUT2D eigenvalue weighted by molar-refractivity contribution is 8.00. The van der Waals surface area contributed by atoms with E-state index in [0.717, 1.165) is 26.2 Å². The van der Waals surface area contributed by atoms with E-state index in [4.69, 9.17) is 0 Å². The first kappa shape index (κ1) is 31.1. The Kier molecular flexibility index (Phi) is 7.51. The van der Waals surface area contributed by atoms with Gasteiger partial charge in [0.2, 0.25) is 0 Å². The first-order valence-corrected chi connectivity index (χ1v) is 21.1. The van der Waals surface area contributed by atoms with E-state index in [0.29, 0.717) is 11.2 Å². The Labute approximate surface area is 314 Å². The number of hydrogen-bond donors (Lipinski definition) is 0. The maximum Gasteiger partial charge on any atom is 0.0434 e. The summed E-state index contributed by atoms with van der Waals surface area (Å²) in [6.45, 7) is 4.55. The maximum absolute atomic E-state index is 2.64. The fraction of sp³-hybridized carbons (Fsp3) is 0.250. The van der Waals surface area contributed by atoms with E-state index in [1.807, 2.05) is 11.3 Å². The molecule has 0 N–H and O–H groups in total. The van der Waals surface area contributed by atoms with Crippen LogP contribution >= 0.6 is 23.1 Å². The third-order valence-corrected chi connectivity index (χ3v) is 14.8. The highest BCUT2D eigenvalue weighted by Gasteiger charge is 2.34. The first-order chi connectivity index (χ1) is 25.8. The first-order valence-electron chi connectivity index (χ1n) is 19.4. The zero-order valence-electron chi connectivity index (χ0n) is 29.5. The van der Waals surface area contributed by atoms with Crippen LogP contribution in [0.4, 0.5) is 11.4 Å². The highest BCUT2D eigenvalue weighted by Crippen LogP contribution is 2.55. The summed E-state index contributed by atoms with van der Waals surface area (Å²) in [5.74, 6) is 0.432. The van der Waals surface area contributed by atoms with E-state index in [2.05, 4.69) is 143 Å². The lowest BCUT2D eigenvalue weighted by Gasteiger charge is -2.30. The lowest BCUT2D eigenvalue weighted by atomic mass is 9.83. The summed E-state index contributed by atoms with van der Waals surface area (Å²) < 4.78 is 2.75. The van der Waals surface area contributed by atoms with Crippen LogP contribution in [-0.2, 0) is 0 Å². The van der Waals surface area contributed by atoms with Gasteiger partial charge in [-0.1, -0.05) is 91.0 Å². The van der Waals surface area contributed by atoms with E-state index < -0.39 is 0 Å². The SMILES string of the molecule is C1=CC2Sc3c(-c4c5cc(N6CCCCC6)ccc5c(-c5cccc6c5sc5ccccc56)c5cc(N6CCCCC6)ccc45)cccc3C2C=C1. The van der Waals surface area contributed by atoms with Crippen molar-refractivity contribution in [1.29, 1.82) is 0 Å². The van der Waals surface area contributed by atoms with Crippen LogP contribution in [0.1, 0.15) is 50.0 Å². The van der Waals surface area contributed by atoms with Crippen molar-refractivity contribution in [1.82, 2.24) is 0 Å². The molecule has 2 fully saturated rings. The number of nitrogens with zero attached hydrogens (tertiary/aromatic N) is 2. The summed E-state index contributed by atoms with van der Waals surface area (Å²) in [4.78, 5) is 6.73. The van der Waals surface area contributed by atoms with Crippen molar-refractivity contribution < 1.29 is 0 Å². The monoisotopic (exact) mass is 710 g/mol. The third kappa shape index (κ3) is 4.90. The molecule has 11 rings (SSSR count). The molecule has 2 unspecified atom stereocenters.